The molecule has 0 spiro atoms. The minimum absolute atomic E-state index is 0.130. The van der Waals surface area contributed by atoms with Gasteiger partial charge in [0.05, 0.1) is 5.41 Å². The second-order valence-corrected chi connectivity index (χ2v) is 6.59. The monoisotopic (exact) mass is 291 g/mol. The van der Waals surface area contributed by atoms with Crippen LogP contribution in [0.3, 0.4) is 0 Å². The molecular weight excluding hydrogens is 266 g/mol. The van der Waals surface area contributed by atoms with E-state index >= 15 is 0 Å². The molecule has 1 rings (SSSR count). The van der Waals surface area contributed by atoms with Crippen molar-refractivity contribution in [3.8, 4) is 0 Å². The molecule has 0 saturated heterocycles. The third kappa shape index (κ3) is 4.31. The molecule has 116 valence electrons. The summed E-state index contributed by atoms with van der Waals surface area (Å²) < 4.78 is 0. The van der Waals surface area contributed by atoms with E-state index in [2.05, 4.69) is 5.32 Å². The number of carboxylic acids is 1. The average molecular weight is 291 g/mol. The predicted octanol–water partition coefficient (Wildman–Crippen LogP) is 2.93. The van der Waals surface area contributed by atoms with E-state index in [-0.39, 0.29) is 5.91 Å². The topological polar surface area (TPSA) is 66.4 Å². The summed E-state index contributed by atoms with van der Waals surface area (Å²) in [6.07, 6.45) is 0.998. The molecule has 0 aromatic heterocycles. The zero-order valence-corrected chi connectivity index (χ0v) is 13.5. The Bertz CT molecular complexity index is 515. The highest BCUT2D eigenvalue weighted by Gasteiger charge is 2.44. The smallest absolute Gasteiger partial charge is 0.311 e. The van der Waals surface area contributed by atoms with Gasteiger partial charge in [-0.25, -0.2) is 0 Å². The highest BCUT2D eigenvalue weighted by molar-refractivity contribution is 5.80. The van der Waals surface area contributed by atoms with Crippen molar-refractivity contribution < 1.29 is 14.7 Å². The van der Waals surface area contributed by atoms with Crippen LogP contribution >= 0.6 is 0 Å². The van der Waals surface area contributed by atoms with Gasteiger partial charge in [-0.3, -0.25) is 9.59 Å². The van der Waals surface area contributed by atoms with Gasteiger partial charge in [0.25, 0.3) is 0 Å². The Labute approximate surface area is 126 Å². The Morgan fingerprint density at radius 2 is 1.62 bits per heavy atom. The molecule has 0 bridgehead atoms. The predicted molar refractivity (Wildman–Crippen MR) is 83.1 cm³/mol. The number of aliphatic carboxylic acids is 1. The van der Waals surface area contributed by atoms with Crippen molar-refractivity contribution in [3.05, 3.63) is 35.4 Å². The third-order valence-electron chi connectivity index (χ3n) is 4.31. The molecule has 2 N–H and O–H groups in total. The van der Waals surface area contributed by atoms with E-state index in [9.17, 15) is 14.7 Å². The Kier molecular flexibility index (Phi) is 5.15. The molecule has 21 heavy (non-hydrogen) atoms. The van der Waals surface area contributed by atoms with Crippen molar-refractivity contribution in [2.75, 3.05) is 0 Å². The van der Waals surface area contributed by atoms with Crippen LogP contribution in [-0.4, -0.2) is 22.5 Å². The van der Waals surface area contributed by atoms with Crippen LogP contribution in [0.2, 0.25) is 0 Å². The summed E-state index contributed by atoms with van der Waals surface area (Å²) in [6.45, 7) is 8.74. The first-order valence-corrected chi connectivity index (χ1v) is 7.16. The summed E-state index contributed by atoms with van der Waals surface area (Å²) in [4.78, 5) is 23.4. The molecular formula is C17H25NO3. The normalized spacial score (nSPS) is 12.0. The summed E-state index contributed by atoms with van der Waals surface area (Å²) in [5, 5.41) is 12.1. The van der Waals surface area contributed by atoms with Crippen LogP contribution in [0.4, 0.5) is 0 Å². The number of hydrogen-bond acceptors (Lipinski definition) is 2. The quantitative estimate of drug-likeness (QED) is 0.847. The largest absolute Gasteiger partial charge is 0.481 e. The lowest BCUT2D eigenvalue weighted by Crippen LogP contribution is -2.57. The Morgan fingerprint density at radius 3 is 2.10 bits per heavy atom. The summed E-state index contributed by atoms with van der Waals surface area (Å²) >= 11 is 0. The molecule has 0 aliphatic rings. The zero-order valence-electron chi connectivity index (χ0n) is 13.5. The number of rotatable bonds is 6. The third-order valence-corrected chi connectivity index (χ3v) is 4.31. The molecule has 4 nitrogen and oxygen atoms in total. The number of hydrogen-bond donors (Lipinski definition) is 2. The first-order valence-electron chi connectivity index (χ1n) is 7.16. The van der Waals surface area contributed by atoms with E-state index < -0.39 is 16.9 Å². The molecule has 1 amide bonds. The SMILES string of the molecule is Cc1ccc(CCC(=O)NC(C)(C)C(C)(C)C(=O)O)cc1. The number of carbonyl (C=O) groups is 2. The van der Waals surface area contributed by atoms with Crippen molar-refractivity contribution >= 4 is 11.9 Å². The summed E-state index contributed by atoms with van der Waals surface area (Å²) in [7, 11) is 0. The van der Waals surface area contributed by atoms with Gasteiger partial charge in [-0.2, -0.15) is 0 Å². The van der Waals surface area contributed by atoms with E-state index in [4.69, 9.17) is 0 Å². The van der Waals surface area contributed by atoms with Gasteiger partial charge in [0, 0.05) is 12.0 Å². The van der Waals surface area contributed by atoms with Crippen LogP contribution in [0.15, 0.2) is 24.3 Å². The number of nitrogens with one attached hydrogen (secondary N) is 1. The molecule has 0 fully saturated rings. The van der Waals surface area contributed by atoms with Crippen LogP contribution in [0.25, 0.3) is 0 Å². The molecule has 1 aromatic rings. The maximum Gasteiger partial charge on any atom is 0.311 e. The maximum absolute atomic E-state index is 12.1. The van der Waals surface area contributed by atoms with Gasteiger partial charge in [0.15, 0.2) is 0 Å². The number of carbonyl (C=O) groups excluding carboxylic acids is 1. The summed E-state index contributed by atoms with van der Waals surface area (Å²) in [5.41, 5.74) is 0.439. The maximum atomic E-state index is 12.1. The minimum atomic E-state index is -1.04. The van der Waals surface area contributed by atoms with E-state index in [1.54, 1.807) is 27.7 Å². The van der Waals surface area contributed by atoms with Crippen LogP contribution in [0, 0.1) is 12.3 Å². The number of benzene rings is 1. The zero-order chi connectivity index (χ0) is 16.3. The van der Waals surface area contributed by atoms with Crippen LogP contribution in [-0.2, 0) is 16.0 Å². The molecule has 0 unspecified atom stereocenters. The van der Waals surface area contributed by atoms with Crippen LogP contribution in [0.5, 0.6) is 0 Å². The van der Waals surface area contributed by atoms with Gasteiger partial charge in [-0.15, -0.1) is 0 Å². The molecule has 0 aliphatic carbocycles. The van der Waals surface area contributed by atoms with Crippen molar-refractivity contribution in [1.82, 2.24) is 5.32 Å². The standard InChI is InChI=1S/C17H25NO3/c1-12-6-8-13(9-7-12)10-11-14(19)18-17(4,5)16(2,3)15(20)21/h6-9H,10-11H2,1-5H3,(H,18,19)(H,20,21). The van der Waals surface area contributed by atoms with E-state index in [1.807, 2.05) is 31.2 Å². The van der Waals surface area contributed by atoms with Gasteiger partial charge in [-0.1, -0.05) is 29.8 Å². The van der Waals surface area contributed by atoms with Crippen molar-refractivity contribution in [1.29, 1.82) is 0 Å². The highest BCUT2D eigenvalue weighted by atomic mass is 16.4. The fraction of sp³-hybridized carbons (Fsp3) is 0.529. The minimum Gasteiger partial charge on any atom is -0.481 e. The highest BCUT2D eigenvalue weighted by Crippen LogP contribution is 2.30. The molecule has 0 heterocycles. The molecule has 0 radical (unpaired) electrons. The van der Waals surface area contributed by atoms with Crippen LogP contribution in [0.1, 0.15) is 45.2 Å². The Hall–Kier alpha value is -1.84. The Morgan fingerprint density at radius 1 is 1.10 bits per heavy atom. The van der Waals surface area contributed by atoms with Crippen LogP contribution < -0.4 is 5.32 Å². The number of aryl methyl sites for hydroxylation is 2. The van der Waals surface area contributed by atoms with Gasteiger partial charge in [0.1, 0.15) is 0 Å². The van der Waals surface area contributed by atoms with Gasteiger partial charge in [0.2, 0.25) is 5.91 Å². The molecule has 1 aromatic carbocycles. The van der Waals surface area contributed by atoms with Crippen molar-refractivity contribution in [2.24, 2.45) is 5.41 Å². The molecule has 4 heteroatoms. The lowest BCUT2D eigenvalue weighted by atomic mass is 9.74. The van der Waals surface area contributed by atoms with Crippen molar-refractivity contribution in [2.45, 2.75) is 53.0 Å². The first kappa shape index (κ1) is 17.2. The molecule has 0 saturated carbocycles. The molecule has 0 aliphatic heterocycles. The number of amides is 1. The van der Waals surface area contributed by atoms with Gasteiger partial charge in [-0.05, 0) is 46.6 Å². The summed E-state index contributed by atoms with van der Waals surface area (Å²) in [6, 6.07) is 8.05. The second kappa shape index (κ2) is 6.29. The summed E-state index contributed by atoms with van der Waals surface area (Å²) in [5.74, 6) is -1.05. The van der Waals surface area contributed by atoms with E-state index in [0.29, 0.717) is 12.8 Å². The fourth-order valence-electron chi connectivity index (χ4n) is 1.85. The number of carboxylic acid groups (broad SMARTS) is 1. The lowest BCUT2D eigenvalue weighted by Gasteiger charge is -2.38. The lowest BCUT2D eigenvalue weighted by molar-refractivity contribution is -0.151. The first-order chi connectivity index (χ1) is 9.56. The average Bonchev–Trinajstić information content (AvgIpc) is 2.37. The van der Waals surface area contributed by atoms with Crippen molar-refractivity contribution in [3.63, 3.8) is 0 Å². The molecule has 0 atom stereocenters. The second-order valence-electron chi connectivity index (χ2n) is 6.59. The fourth-order valence-corrected chi connectivity index (χ4v) is 1.85. The van der Waals surface area contributed by atoms with Gasteiger partial charge >= 0.3 is 5.97 Å². The van der Waals surface area contributed by atoms with E-state index in [1.165, 1.54) is 5.56 Å². The van der Waals surface area contributed by atoms with E-state index in [0.717, 1.165) is 5.56 Å². The van der Waals surface area contributed by atoms with Gasteiger partial charge < -0.3 is 10.4 Å². The Balaban J connectivity index is 2.61.